The van der Waals surface area contributed by atoms with Crippen LogP contribution < -0.4 is 5.14 Å². The van der Waals surface area contributed by atoms with E-state index in [9.17, 15) is 27.6 Å². The van der Waals surface area contributed by atoms with E-state index in [1.807, 2.05) is 27.7 Å². The standard InChI is InChI=1S/C34H50N4O11S/c1-5-9-13-27(39)45-22-26-31(47-28(40)14-10-6-2)32(48-29(41)15-11-7-3)33(49-30(42)16-12-8-4)34(46-26)38-21-25(36-37-38)23-17-19-24(20-18-23)50(35,43)44/h17-21,26,31-34H,5-16,22H2,1-4H3,(H2,35,43,44)/t26-,31+,32+,33-,34-/m1/s1. The summed E-state index contributed by atoms with van der Waals surface area (Å²) in [6.07, 6.45) is 0.521. The Kier molecular flexibility index (Phi) is 16.3. The highest BCUT2D eigenvalue weighted by Gasteiger charge is 2.53. The van der Waals surface area contributed by atoms with Gasteiger partial charge in [-0.05, 0) is 37.8 Å². The number of carbonyl (C=O) groups is 4. The number of hydrogen-bond acceptors (Lipinski definition) is 13. The first-order chi connectivity index (χ1) is 23.9. The normalized spacial score (nSPS) is 20.5. The van der Waals surface area contributed by atoms with Crippen LogP contribution in [0.1, 0.15) is 111 Å². The predicted octanol–water partition coefficient (Wildman–Crippen LogP) is 4.53. The second-order valence-corrected chi connectivity index (χ2v) is 13.7. The van der Waals surface area contributed by atoms with Gasteiger partial charge in [0.15, 0.2) is 24.5 Å². The summed E-state index contributed by atoms with van der Waals surface area (Å²) in [4.78, 5) is 51.9. The highest BCUT2D eigenvalue weighted by Crippen LogP contribution is 2.36. The van der Waals surface area contributed by atoms with Crippen LogP contribution in [0.2, 0.25) is 0 Å². The number of rotatable bonds is 20. The number of unbranched alkanes of at least 4 members (excludes halogenated alkanes) is 4. The molecule has 50 heavy (non-hydrogen) atoms. The molecule has 0 amide bonds. The third-order valence-electron chi connectivity index (χ3n) is 8.01. The zero-order valence-electron chi connectivity index (χ0n) is 29.3. The molecule has 1 fully saturated rings. The van der Waals surface area contributed by atoms with Gasteiger partial charge in [0, 0.05) is 31.2 Å². The molecule has 16 heteroatoms. The maximum atomic E-state index is 13.2. The molecule has 2 N–H and O–H groups in total. The number of nitrogens with zero attached hydrogens (tertiary/aromatic N) is 3. The molecule has 0 bridgehead atoms. The van der Waals surface area contributed by atoms with E-state index in [0.717, 1.165) is 19.3 Å². The summed E-state index contributed by atoms with van der Waals surface area (Å²) in [5.41, 5.74) is 0.792. The number of nitrogens with two attached hydrogens (primary N) is 1. The molecule has 0 saturated carbocycles. The van der Waals surface area contributed by atoms with Gasteiger partial charge in [0.1, 0.15) is 18.4 Å². The zero-order valence-corrected chi connectivity index (χ0v) is 30.1. The highest BCUT2D eigenvalue weighted by molar-refractivity contribution is 7.89. The van der Waals surface area contributed by atoms with Crippen molar-refractivity contribution in [2.24, 2.45) is 5.14 Å². The minimum absolute atomic E-state index is 0.0597. The van der Waals surface area contributed by atoms with Crippen molar-refractivity contribution < 1.29 is 51.3 Å². The van der Waals surface area contributed by atoms with Gasteiger partial charge in [0.2, 0.25) is 10.0 Å². The number of benzene rings is 1. The van der Waals surface area contributed by atoms with Crippen LogP contribution in [0.25, 0.3) is 11.3 Å². The Bertz CT molecular complexity index is 1510. The molecular weight excluding hydrogens is 672 g/mol. The average molecular weight is 723 g/mol. The monoisotopic (exact) mass is 722 g/mol. The van der Waals surface area contributed by atoms with Crippen molar-refractivity contribution in [3.8, 4) is 11.3 Å². The third-order valence-corrected chi connectivity index (χ3v) is 8.94. The Hall–Kier alpha value is -3.89. The lowest BCUT2D eigenvalue weighted by Crippen LogP contribution is -2.61. The number of ether oxygens (including phenoxy) is 5. The fourth-order valence-corrected chi connectivity index (χ4v) is 5.67. The average Bonchev–Trinajstić information content (AvgIpc) is 3.58. The number of sulfonamides is 1. The van der Waals surface area contributed by atoms with E-state index < -0.39 is 64.5 Å². The lowest BCUT2D eigenvalue weighted by atomic mass is 9.97. The number of carbonyl (C=O) groups excluding carboxylic acids is 4. The van der Waals surface area contributed by atoms with Crippen LogP contribution >= 0.6 is 0 Å². The van der Waals surface area contributed by atoms with Crippen LogP contribution in [0.15, 0.2) is 35.4 Å². The van der Waals surface area contributed by atoms with Gasteiger partial charge in [-0.15, -0.1) is 5.10 Å². The quantitative estimate of drug-likeness (QED) is 0.148. The zero-order chi connectivity index (χ0) is 36.7. The summed E-state index contributed by atoms with van der Waals surface area (Å²) >= 11 is 0. The summed E-state index contributed by atoms with van der Waals surface area (Å²) in [7, 11) is -3.93. The lowest BCUT2D eigenvalue weighted by molar-refractivity contribution is -0.272. The van der Waals surface area contributed by atoms with Gasteiger partial charge in [-0.25, -0.2) is 18.2 Å². The van der Waals surface area contributed by atoms with Crippen molar-refractivity contribution in [1.29, 1.82) is 0 Å². The first kappa shape index (κ1) is 40.5. The van der Waals surface area contributed by atoms with E-state index in [-0.39, 0.29) is 37.2 Å². The van der Waals surface area contributed by atoms with Gasteiger partial charge in [-0.1, -0.05) is 70.7 Å². The van der Waals surface area contributed by atoms with E-state index in [2.05, 4.69) is 10.3 Å². The molecule has 1 aromatic carbocycles. The van der Waals surface area contributed by atoms with E-state index in [0.29, 0.717) is 43.4 Å². The molecule has 0 aliphatic carbocycles. The van der Waals surface area contributed by atoms with Crippen LogP contribution in [0.3, 0.4) is 0 Å². The Morgan fingerprint density at radius 2 is 1.22 bits per heavy atom. The molecule has 1 saturated heterocycles. The first-order valence-electron chi connectivity index (χ1n) is 17.4. The van der Waals surface area contributed by atoms with Gasteiger partial charge in [0.05, 0.1) is 11.1 Å². The molecule has 1 aromatic heterocycles. The molecule has 3 rings (SSSR count). The van der Waals surface area contributed by atoms with Crippen molar-refractivity contribution in [2.45, 2.75) is 140 Å². The first-order valence-corrected chi connectivity index (χ1v) is 18.9. The number of hydrogen-bond donors (Lipinski definition) is 1. The van der Waals surface area contributed by atoms with Crippen molar-refractivity contribution in [3.63, 3.8) is 0 Å². The van der Waals surface area contributed by atoms with Crippen LogP contribution in [0.4, 0.5) is 0 Å². The molecule has 278 valence electrons. The Labute approximate surface area is 293 Å². The smallest absolute Gasteiger partial charge is 0.306 e. The van der Waals surface area contributed by atoms with Crippen molar-refractivity contribution in [1.82, 2.24) is 15.0 Å². The van der Waals surface area contributed by atoms with Crippen LogP contribution in [0, 0.1) is 0 Å². The summed E-state index contributed by atoms with van der Waals surface area (Å²) in [5, 5.41) is 13.7. The third kappa shape index (κ3) is 12.2. The Balaban J connectivity index is 2.10. The highest BCUT2D eigenvalue weighted by atomic mass is 32.2. The van der Waals surface area contributed by atoms with Crippen molar-refractivity contribution in [3.05, 3.63) is 30.5 Å². The minimum atomic E-state index is -3.93. The summed E-state index contributed by atoms with van der Waals surface area (Å²) in [5.74, 6) is -2.27. The van der Waals surface area contributed by atoms with Gasteiger partial charge >= 0.3 is 23.9 Å². The molecule has 0 radical (unpaired) electrons. The van der Waals surface area contributed by atoms with E-state index in [1.54, 1.807) is 0 Å². The van der Waals surface area contributed by atoms with Crippen LogP contribution in [-0.2, 0) is 52.9 Å². The molecule has 5 atom stereocenters. The molecular formula is C34H50N4O11S. The Morgan fingerprint density at radius 3 is 1.72 bits per heavy atom. The fourth-order valence-electron chi connectivity index (χ4n) is 5.16. The van der Waals surface area contributed by atoms with E-state index >= 15 is 0 Å². The van der Waals surface area contributed by atoms with Crippen molar-refractivity contribution in [2.75, 3.05) is 6.61 Å². The van der Waals surface area contributed by atoms with Gasteiger partial charge in [-0.2, -0.15) is 0 Å². The minimum Gasteiger partial charge on any atom is -0.463 e. The van der Waals surface area contributed by atoms with Gasteiger partial charge in [0.25, 0.3) is 0 Å². The second kappa shape index (κ2) is 20.1. The van der Waals surface area contributed by atoms with E-state index in [4.69, 9.17) is 28.8 Å². The van der Waals surface area contributed by atoms with Crippen molar-refractivity contribution >= 4 is 33.9 Å². The molecule has 1 aliphatic heterocycles. The lowest BCUT2D eigenvalue weighted by Gasteiger charge is -2.44. The molecule has 2 aromatic rings. The van der Waals surface area contributed by atoms with Crippen LogP contribution in [-0.4, -0.2) is 78.3 Å². The molecule has 0 spiro atoms. The molecule has 0 unspecified atom stereocenters. The SMILES string of the molecule is CCCCC(=O)OC[C@H]1O[C@@H](n2cc(-c3ccc(S(N)(=O)=O)cc3)nn2)[C@H](OC(=O)CCCC)[C@@H](OC(=O)CCCC)[C@H]1OC(=O)CCCC. The number of primary sulfonamides is 1. The maximum absolute atomic E-state index is 13.2. The topological polar surface area (TPSA) is 205 Å². The Morgan fingerprint density at radius 1 is 0.740 bits per heavy atom. The fraction of sp³-hybridized carbons (Fsp3) is 0.647. The van der Waals surface area contributed by atoms with Gasteiger partial charge < -0.3 is 23.7 Å². The van der Waals surface area contributed by atoms with E-state index in [1.165, 1.54) is 35.1 Å². The summed E-state index contributed by atoms with van der Waals surface area (Å²) in [6, 6.07) is 5.65. The second-order valence-electron chi connectivity index (χ2n) is 12.2. The summed E-state index contributed by atoms with van der Waals surface area (Å²) < 4.78 is 54.6. The molecule has 15 nitrogen and oxygen atoms in total. The predicted molar refractivity (Wildman–Crippen MR) is 179 cm³/mol. The summed E-state index contributed by atoms with van der Waals surface area (Å²) in [6.45, 7) is 7.34. The van der Waals surface area contributed by atoms with Gasteiger partial charge in [-0.3, -0.25) is 19.2 Å². The number of aromatic nitrogens is 3. The largest absolute Gasteiger partial charge is 0.463 e. The number of esters is 4. The van der Waals surface area contributed by atoms with Crippen LogP contribution in [0.5, 0.6) is 0 Å². The molecule has 2 heterocycles. The maximum Gasteiger partial charge on any atom is 0.306 e. The molecule has 1 aliphatic rings.